The maximum Gasteiger partial charge on any atom is 0 e. The predicted octanol–water partition coefficient (Wildman–Crippen LogP) is 1.06. The second-order valence-electron chi connectivity index (χ2n) is 10.9. The fourth-order valence-electron chi connectivity index (χ4n) is 7.73. The molecule has 0 unspecified atom stereocenters. The Bertz CT molecular complexity index is 1190. The van der Waals surface area contributed by atoms with Gasteiger partial charge in [-0.25, -0.2) is 0 Å². The zero-order chi connectivity index (χ0) is 36.7. The van der Waals surface area contributed by atoms with Crippen LogP contribution < -0.4 is 5.32 Å². The molecule has 4 N–H and O–H groups in total. The van der Waals surface area contributed by atoms with E-state index in [1.807, 2.05) is 13.0 Å². The molecule has 48 heavy (non-hydrogen) atoms. The number of carbonyl (C=O) groups is 2. The summed E-state index contributed by atoms with van der Waals surface area (Å²) < 4.78 is 45.0. The standard InChI is InChI=1S/C26H35N2O6.6CO.2Co/c1-4-11-27-22(32)15-34-28-17-7-9-24(2)16(12-17)5-6-18-19-8-10-26(33,21(31)14-29)25(19,3)13-20(30)23(18)24;6*1-2;;/h12,18-20,23,29-30,33H,5-11,13-15H2,2-3H3,(H,27,32);;;;;;;;/q-1;;;;;;;;/t18-,19-,20-,23+,24-,25-,26+;;;;;;;;/m0......../s1. The Labute approximate surface area is 301 Å². The van der Waals surface area contributed by atoms with Crippen molar-refractivity contribution < 1.29 is 91.2 Å². The molecule has 264 valence electrons. The Kier molecular flexibility index (Phi) is 32.0. The minimum Gasteiger partial charge on any atom is 0 e. The minimum absolute atomic E-state index is 0. The summed E-state index contributed by atoms with van der Waals surface area (Å²) >= 11 is 0. The van der Waals surface area contributed by atoms with Crippen molar-refractivity contribution in [1.82, 2.24) is 5.32 Å². The second-order valence-corrected chi connectivity index (χ2v) is 10.9. The van der Waals surface area contributed by atoms with Crippen molar-refractivity contribution >= 4 is 17.4 Å². The van der Waals surface area contributed by atoms with Crippen LogP contribution in [0.25, 0.3) is 0 Å². The van der Waals surface area contributed by atoms with Crippen LogP contribution >= 0.6 is 0 Å². The summed E-state index contributed by atoms with van der Waals surface area (Å²) in [6.45, 7) is 30.3. The third kappa shape index (κ3) is 12.0. The molecule has 2 radical (unpaired) electrons. The van der Waals surface area contributed by atoms with Crippen LogP contribution in [0.5, 0.6) is 0 Å². The number of aliphatic hydroxyl groups excluding tert-OH is 2. The number of rotatable bonds is 6. The van der Waals surface area contributed by atoms with Gasteiger partial charge in [-0.3, -0.25) is 9.59 Å². The maximum absolute atomic E-state index is 12.5. The van der Waals surface area contributed by atoms with Crippen LogP contribution in [-0.4, -0.2) is 64.2 Å². The SMILES string of the molecule is [C-]#CCNC(=O)CON=C1C=C2CC[C@@H]3[C@H]([C@@H](O)C[C@@]4(C)[C@H]3CC[C@@]4(O)C(=O)CO)[C@@]2(C)CC1.[C-]#[O+].[C-]#[O+].[C-]#[O+].[C-]#[O+].[C-]#[O+].[C-]#[O+].[Co].[Co]. The summed E-state index contributed by atoms with van der Waals surface area (Å²) in [5.41, 5.74) is -0.524. The number of carbonyl (C=O) groups excluding carboxylic acids is 2. The van der Waals surface area contributed by atoms with Gasteiger partial charge in [-0.1, -0.05) is 24.6 Å². The molecule has 14 nitrogen and oxygen atoms in total. The fourth-order valence-corrected chi connectivity index (χ4v) is 7.73. The zero-order valence-electron chi connectivity index (χ0n) is 26.1. The van der Waals surface area contributed by atoms with Gasteiger partial charge in [0.2, 0.25) is 0 Å². The molecule has 0 aromatic carbocycles. The van der Waals surface area contributed by atoms with E-state index in [9.17, 15) is 24.9 Å². The average Bonchev–Trinajstić information content (AvgIpc) is 3.38. The van der Waals surface area contributed by atoms with E-state index in [0.29, 0.717) is 19.3 Å². The quantitative estimate of drug-likeness (QED) is 0.133. The second kappa shape index (κ2) is 28.1. The van der Waals surface area contributed by atoms with Gasteiger partial charge >= 0.3 is 67.8 Å². The molecule has 0 spiro atoms. The van der Waals surface area contributed by atoms with Crippen molar-refractivity contribution in [2.75, 3.05) is 19.8 Å². The molecule has 4 aliphatic carbocycles. The van der Waals surface area contributed by atoms with Crippen molar-refractivity contribution in [3.8, 4) is 5.92 Å². The van der Waals surface area contributed by atoms with Crippen LogP contribution in [-0.2, 0) is 75.9 Å². The number of allylic oxidation sites excluding steroid dienone is 2. The summed E-state index contributed by atoms with van der Waals surface area (Å²) in [6, 6.07) is 0. The van der Waals surface area contributed by atoms with E-state index in [1.165, 1.54) is 5.57 Å². The van der Waals surface area contributed by atoms with Crippen LogP contribution in [0.4, 0.5) is 0 Å². The van der Waals surface area contributed by atoms with Crippen molar-refractivity contribution in [2.24, 2.45) is 33.7 Å². The molecule has 0 aliphatic heterocycles. The van der Waals surface area contributed by atoms with Gasteiger partial charge in [-0.05, 0) is 74.2 Å². The molecule has 0 saturated heterocycles. The first-order valence-electron chi connectivity index (χ1n) is 13.4. The van der Waals surface area contributed by atoms with Crippen LogP contribution in [0.3, 0.4) is 0 Å². The number of nitrogens with one attached hydrogen (secondary N) is 1. The normalized spacial score (nSPS) is 30.0. The van der Waals surface area contributed by atoms with Gasteiger partial charge in [0.25, 0.3) is 5.91 Å². The predicted molar refractivity (Wildman–Crippen MR) is 147 cm³/mol. The third-order valence-electron chi connectivity index (χ3n) is 9.42. The molecule has 4 aliphatic rings. The maximum atomic E-state index is 12.5. The van der Waals surface area contributed by atoms with Gasteiger partial charge in [-0.2, -0.15) is 0 Å². The summed E-state index contributed by atoms with van der Waals surface area (Å²) in [7, 11) is 0. The summed E-state index contributed by atoms with van der Waals surface area (Å²) in [4.78, 5) is 29.3. The van der Waals surface area contributed by atoms with Gasteiger partial charge in [0.05, 0.1) is 11.8 Å². The van der Waals surface area contributed by atoms with Crippen LogP contribution in [0.2, 0.25) is 0 Å². The van der Waals surface area contributed by atoms with E-state index in [4.69, 9.17) is 39.2 Å². The van der Waals surface area contributed by atoms with E-state index in [0.717, 1.165) is 31.4 Å². The first kappa shape index (κ1) is 54.7. The molecule has 7 atom stereocenters. The molecular weight excluding hydrogens is 722 g/mol. The Morgan fingerprint density at radius 1 is 0.979 bits per heavy atom. The Hall–Kier alpha value is -2.76. The smallest absolute Gasteiger partial charge is 0 e. The molecule has 4 rings (SSSR count). The monoisotopic (exact) mass is 757 g/mol. The first-order valence-corrected chi connectivity index (χ1v) is 13.4. The topological polar surface area (TPSA) is 248 Å². The van der Waals surface area contributed by atoms with Crippen LogP contribution in [0.1, 0.15) is 58.8 Å². The molecule has 16 heteroatoms. The fraction of sp³-hybridized carbons (Fsp3) is 0.594. The number of oxime groups is 1. The Balaban J connectivity index is -0.000000398. The molecule has 0 aromatic heterocycles. The van der Waals surface area contributed by atoms with Gasteiger partial charge < -0.3 is 37.8 Å². The number of nitrogens with zero attached hydrogens (tertiary/aromatic N) is 1. The zero-order valence-corrected chi connectivity index (χ0v) is 28.2. The number of fused-ring (bicyclic) bond motifs is 5. The van der Waals surface area contributed by atoms with E-state index in [-0.39, 0.29) is 75.8 Å². The Morgan fingerprint density at radius 2 is 1.52 bits per heavy atom. The number of amides is 1. The molecule has 3 saturated carbocycles. The van der Waals surface area contributed by atoms with E-state index in [2.05, 4.69) is 63.2 Å². The van der Waals surface area contributed by atoms with Crippen molar-refractivity contribution in [1.29, 1.82) is 0 Å². The first-order chi connectivity index (χ1) is 22.1. The van der Waals surface area contributed by atoms with Crippen LogP contribution in [0.15, 0.2) is 16.8 Å². The van der Waals surface area contributed by atoms with Crippen LogP contribution in [0, 0.1) is 80.8 Å². The number of hydrogen-bond acceptors (Lipinski definition) is 7. The number of ketones is 1. The molecule has 3 fully saturated rings. The van der Waals surface area contributed by atoms with Gasteiger partial charge in [0, 0.05) is 45.5 Å². The molecule has 0 heterocycles. The number of aliphatic hydroxyl groups is 3. The van der Waals surface area contributed by atoms with Crippen molar-refractivity contribution in [2.45, 2.75) is 70.5 Å². The summed E-state index contributed by atoms with van der Waals surface area (Å²) in [5, 5.41) is 38.8. The van der Waals surface area contributed by atoms with E-state index >= 15 is 0 Å². The van der Waals surface area contributed by atoms with Gasteiger partial charge in [0.1, 0.15) is 12.2 Å². The number of hydrogen-bond donors (Lipinski definition) is 4. The minimum atomic E-state index is -1.58. The van der Waals surface area contributed by atoms with Gasteiger partial charge in [0.15, 0.2) is 12.4 Å². The Morgan fingerprint density at radius 3 is 2.02 bits per heavy atom. The largest absolute Gasteiger partial charge is 0 e. The van der Waals surface area contributed by atoms with E-state index in [1.54, 1.807) is 0 Å². The third-order valence-corrected chi connectivity index (χ3v) is 9.42. The molecule has 0 aromatic rings. The van der Waals surface area contributed by atoms with E-state index < -0.39 is 29.5 Å². The molecule has 1 amide bonds. The molecular formula is C32H35Co2N2O12-. The van der Waals surface area contributed by atoms with Crippen molar-refractivity contribution in [3.05, 3.63) is 58.0 Å². The number of Topliss-reactive ketones (excluding diaryl/α,β-unsaturated/α-hetero) is 1. The summed E-state index contributed by atoms with van der Waals surface area (Å²) in [6.07, 6.45) is 12.8. The molecule has 0 bridgehead atoms. The van der Waals surface area contributed by atoms with Gasteiger partial charge in [-0.15, -0.1) is 0 Å². The summed E-state index contributed by atoms with van der Waals surface area (Å²) in [5.74, 6) is 1.54. The average molecular weight is 758 g/mol. The van der Waals surface area contributed by atoms with Crippen molar-refractivity contribution in [3.63, 3.8) is 0 Å².